The first kappa shape index (κ1) is 15.2. The smallest absolute Gasteiger partial charge is 0.0591 e. The van der Waals surface area contributed by atoms with Crippen LogP contribution in [0.2, 0.25) is 0 Å². The zero-order valence-electron chi connectivity index (χ0n) is 10.9. The van der Waals surface area contributed by atoms with E-state index in [0.29, 0.717) is 6.04 Å². The average Bonchev–Trinajstić information content (AvgIpc) is 2.73. The third kappa shape index (κ3) is 4.36. The van der Waals surface area contributed by atoms with Crippen LogP contribution in [0.25, 0.3) is 0 Å². The fourth-order valence-corrected chi connectivity index (χ4v) is 3.69. The van der Waals surface area contributed by atoms with Crippen molar-refractivity contribution < 1.29 is 0 Å². The van der Waals surface area contributed by atoms with Gasteiger partial charge in [-0.1, -0.05) is 20.3 Å². The van der Waals surface area contributed by atoms with Gasteiger partial charge >= 0.3 is 0 Å². The maximum atomic E-state index is 6.28. The summed E-state index contributed by atoms with van der Waals surface area (Å²) >= 11 is 5.32. The highest BCUT2D eigenvalue weighted by atomic mass is 79.9. The molecule has 1 aromatic heterocycles. The molecule has 4 heteroatoms. The van der Waals surface area contributed by atoms with Crippen molar-refractivity contribution >= 4 is 27.3 Å². The van der Waals surface area contributed by atoms with Crippen LogP contribution in [0.3, 0.4) is 0 Å². The SMILES string of the molecule is CCCCN(C)C(c1cc(Br)cs1)C(N)CC. The van der Waals surface area contributed by atoms with Crippen molar-refractivity contribution in [1.29, 1.82) is 0 Å². The number of nitrogens with zero attached hydrogens (tertiary/aromatic N) is 1. The molecule has 0 aliphatic rings. The lowest BCUT2D eigenvalue weighted by Gasteiger charge is -2.31. The molecule has 0 fully saturated rings. The summed E-state index contributed by atoms with van der Waals surface area (Å²) in [4.78, 5) is 3.76. The quantitative estimate of drug-likeness (QED) is 0.822. The number of hydrogen-bond donors (Lipinski definition) is 1. The van der Waals surface area contributed by atoms with Gasteiger partial charge in [0.2, 0.25) is 0 Å². The van der Waals surface area contributed by atoms with E-state index in [4.69, 9.17) is 5.73 Å². The van der Waals surface area contributed by atoms with Gasteiger partial charge in [0, 0.05) is 20.8 Å². The summed E-state index contributed by atoms with van der Waals surface area (Å²) in [5.41, 5.74) is 6.28. The number of rotatable bonds is 7. The Labute approximate surface area is 117 Å². The van der Waals surface area contributed by atoms with Crippen molar-refractivity contribution in [3.8, 4) is 0 Å². The molecule has 0 aliphatic heterocycles. The lowest BCUT2D eigenvalue weighted by atomic mass is 10.0. The zero-order valence-corrected chi connectivity index (χ0v) is 13.4. The zero-order chi connectivity index (χ0) is 12.8. The van der Waals surface area contributed by atoms with Gasteiger partial charge in [-0.05, 0) is 48.4 Å². The summed E-state index contributed by atoms with van der Waals surface area (Å²) < 4.78 is 1.16. The Kier molecular flexibility index (Phi) is 6.70. The Morgan fingerprint density at radius 1 is 1.47 bits per heavy atom. The minimum Gasteiger partial charge on any atom is -0.326 e. The van der Waals surface area contributed by atoms with Crippen LogP contribution >= 0.6 is 27.3 Å². The van der Waals surface area contributed by atoms with Crippen molar-refractivity contribution in [2.45, 2.75) is 45.2 Å². The average molecular weight is 319 g/mol. The van der Waals surface area contributed by atoms with Crippen LogP contribution < -0.4 is 5.73 Å². The summed E-state index contributed by atoms with van der Waals surface area (Å²) in [5, 5.41) is 2.14. The number of halogens is 1. The molecular formula is C13H23BrN2S. The predicted molar refractivity (Wildman–Crippen MR) is 80.6 cm³/mol. The maximum Gasteiger partial charge on any atom is 0.0591 e. The lowest BCUT2D eigenvalue weighted by molar-refractivity contribution is 0.210. The molecule has 1 rings (SSSR count). The lowest BCUT2D eigenvalue weighted by Crippen LogP contribution is -2.38. The van der Waals surface area contributed by atoms with Gasteiger partial charge in [0.1, 0.15) is 0 Å². The molecule has 2 nitrogen and oxygen atoms in total. The van der Waals surface area contributed by atoms with E-state index >= 15 is 0 Å². The van der Waals surface area contributed by atoms with Gasteiger partial charge in [0.15, 0.2) is 0 Å². The minimum absolute atomic E-state index is 0.211. The Bertz CT molecular complexity index is 327. The third-order valence-electron chi connectivity index (χ3n) is 3.10. The molecular weight excluding hydrogens is 296 g/mol. The molecule has 0 aliphatic carbocycles. The van der Waals surface area contributed by atoms with Crippen molar-refractivity contribution in [2.24, 2.45) is 5.73 Å². The summed E-state index contributed by atoms with van der Waals surface area (Å²) in [6, 6.07) is 2.76. The molecule has 2 N–H and O–H groups in total. The molecule has 2 atom stereocenters. The van der Waals surface area contributed by atoms with Gasteiger partial charge in [-0.2, -0.15) is 0 Å². The normalized spacial score (nSPS) is 15.2. The second kappa shape index (κ2) is 7.52. The van der Waals surface area contributed by atoms with E-state index in [0.717, 1.165) is 17.4 Å². The predicted octanol–water partition coefficient (Wildman–Crippen LogP) is 4.02. The van der Waals surface area contributed by atoms with Crippen LogP contribution in [0.1, 0.15) is 44.0 Å². The van der Waals surface area contributed by atoms with Gasteiger partial charge in [-0.15, -0.1) is 11.3 Å². The summed E-state index contributed by atoms with van der Waals surface area (Å²) in [7, 11) is 2.18. The Balaban J connectivity index is 2.80. The van der Waals surface area contributed by atoms with Gasteiger partial charge in [-0.25, -0.2) is 0 Å². The number of nitrogens with two attached hydrogens (primary N) is 1. The number of thiophene rings is 1. The second-order valence-electron chi connectivity index (χ2n) is 4.52. The highest BCUT2D eigenvalue weighted by Crippen LogP contribution is 2.31. The molecule has 0 bridgehead atoms. The molecule has 0 saturated carbocycles. The molecule has 2 unspecified atom stereocenters. The first-order valence-corrected chi connectivity index (χ1v) is 7.97. The van der Waals surface area contributed by atoms with E-state index < -0.39 is 0 Å². The largest absolute Gasteiger partial charge is 0.326 e. The monoisotopic (exact) mass is 318 g/mol. The van der Waals surface area contributed by atoms with Crippen LogP contribution in [0.15, 0.2) is 15.9 Å². The van der Waals surface area contributed by atoms with Gasteiger partial charge in [0.25, 0.3) is 0 Å². The topological polar surface area (TPSA) is 29.3 Å². The highest BCUT2D eigenvalue weighted by molar-refractivity contribution is 9.10. The fourth-order valence-electron chi connectivity index (χ4n) is 2.01. The molecule has 0 radical (unpaired) electrons. The molecule has 0 saturated heterocycles. The molecule has 0 amide bonds. The van der Waals surface area contributed by atoms with Crippen LogP contribution in [0.4, 0.5) is 0 Å². The Morgan fingerprint density at radius 3 is 2.65 bits per heavy atom. The van der Waals surface area contributed by atoms with E-state index in [9.17, 15) is 0 Å². The first-order chi connectivity index (χ1) is 8.10. The van der Waals surface area contributed by atoms with E-state index in [1.165, 1.54) is 17.7 Å². The molecule has 0 spiro atoms. The van der Waals surface area contributed by atoms with E-state index in [1.54, 1.807) is 11.3 Å². The van der Waals surface area contributed by atoms with Crippen LogP contribution in [0.5, 0.6) is 0 Å². The summed E-state index contributed by atoms with van der Waals surface area (Å²) in [5.74, 6) is 0. The fraction of sp³-hybridized carbons (Fsp3) is 0.692. The third-order valence-corrected chi connectivity index (χ3v) is 4.86. The van der Waals surface area contributed by atoms with Crippen LogP contribution in [-0.4, -0.2) is 24.5 Å². The molecule has 98 valence electrons. The van der Waals surface area contributed by atoms with Crippen molar-refractivity contribution in [3.05, 3.63) is 20.8 Å². The van der Waals surface area contributed by atoms with E-state index in [1.807, 2.05) is 0 Å². The van der Waals surface area contributed by atoms with Crippen LogP contribution in [0, 0.1) is 0 Å². The summed E-state index contributed by atoms with van der Waals surface area (Å²) in [6.45, 7) is 5.50. The van der Waals surface area contributed by atoms with E-state index in [2.05, 4.69) is 53.2 Å². The van der Waals surface area contributed by atoms with Crippen molar-refractivity contribution in [3.63, 3.8) is 0 Å². The van der Waals surface area contributed by atoms with Gasteiger partial charge < -0.3 is 5.73 Å². The van der Waals surface area contributed by atoms with Crippen LogP contribution in [-0.2, 0) is 0 Å². The molecule has 1 aromatic rings. The highest BCUT2D eigenvalue weighted by Gasteiger charge is 2.24. The molecule has 17 heavy (non-hydrogen) atoms. The van der Waals surface area contributed by atoms with Crippen molar-refractivity contribution in [2.75, 3.05) is 13.6 Å². The van der Waals surface area contributed by atoms with Crippen molar-refractivity contribution in [1.82, 2.24) is 4.90 Å². The number of likely N-dealkylation sites (N-methyl/N-ethyl adjacent to an activating group) is 1. The van der Waals surface area contributed by atoms with Gasteiger partial charge in [0.05, 0.1) is 6.04 Å². The Hall–Kier alpha value is 0.1000. The molecule has 0 aromatic carbocycles. The first-order valence-electron chi connectivity index (χ1n) is 6.29. The Morgan fingerprint density at radius 2 is 2.18 bits per heavy atom. The standard InChI is InChI=1S/C13H23BrN2S/c1-4-6-7-16(3)13(11(15)5-2)12-8-10(14)9-17-12/h8-9,11,13H,4-7,15H2,1-3H3. The maximum absolute atomic E-state index is 6.28. The number of unbranched alkanes of at least 4 members (excludes halogenated alkanes) is 1. The second-order valence-corrected chi connectivity index (χ2v) is 6.38. The number of hydrogen-bond acceptors (Lipinski definition) is 3. The molecule has 1 heterocycles. The van der Waals surface area contributed by atoms with E-state index in [-0.39, 0.29) is 6.04 Å². The minimum atomic E-state index is 0.211. The van der Waals surface area contributed by atoms with Gasteiger partial charge in [-0.3, -0.25) is 4.90 Å². The summed E-state index contributed by atoms with van der Waals surface area (Å²) in [6.07, 6.45) is 3.47.